The number of hydrogen-bond acceptors (Lipinski definition) is 5. The molecule has 2 N–H and O–H groups in total. The third kappa shape index (κ3) is 5.18. The van der Waals surface area contributed by atoms with E-state index >= 15 is 0 Å². The Kier molecular flexibility index (Phi) is 5.59. The fourth-order valence-electron chi connectivity index (χ4n) is 2.17. The minimum atomic E-state index is -0.894. The molecule has 0 saturated carbocycles. The Morgan fingerprint density at radius 1 is 1.39 bits per heavy atom. The largest absolute Gasteiger partial charge is 0.454 e. The Labute approximate surface area is 140 Å². The number of benzene rings is 1. The van der Waals surface area contributed by atoms with Crippen molar-refractivity contribution in [3.8, 4) is 11.5 Å². The van der Waals surface area contributed by atoms with Crippen molar-refractivity contribution in [2.45, 2.75) is 44.9 Å². The Balaban J connectivity index is 2.05. The molecular weight excluding hydrogens is 322 g/mol. The number of rotatable bonds is 5. The maximum absolute atomic E-state index is 11.9. The van der Waals surface area contributed by atoms with Crippen molar-refractivity contribution < 1.29 is 24.1 Å². The lowest BCUT2D eigenvalue weighted by atomic mass is 10.0. The summed E-state index contributed by atoms with van der Waals surface area (Å²) in [5.41, 5.74) is 0.277. The van der Waals surface area contributed by atoms with Crippen molar-refractivity contribution in [1.29, 1.82) is 0 Å². The Bertz CT molecular complexity index is 558. The molecule has 1 heterocycles. The molecule has 0 bridgehead atoms. The number of hydrogen-bond donors (Lipinski definition) is 2. The number of halogens is 1. The molecule has 1 aromatic rings. The number of carbonyl (C=O) groups is 1. The zero-order chi connectivity index (χ0) is 17.0. The number of carbonyl (C=O) groups excluding carboxylic acids is 1. The average Bonchev–Trinajstić information content (AvgIpc) is 2.91. The number of nitrogens with one attached hydrogen (secondary N) is 1. The highest BCUT2D eigenvalue weighted by Crippen LogP contribution is 2.32. The first-order valence-electron chi connectivity index (χ1n) is 7.40. The van der Waals surface area contributed by atoms with E-state index in [2.05, 4.69) is 5.32 Å². The van der Waals surface area contributed by atoms with Crippen molar-refractivity contribution in [2.24, 2.45) is 0 Å². The van der Waals surface area contributed by atoms with Crippen LogP contribution < -0.4 is 14.8 Å². The van der Waals surface area contributed by atoms with Gasteiger partial charge in [0, 0.05) is 0 Å². The number of fused-ring (bicyclic) bond motifs is 1. The van der Waals surface area contributed by atoms with E-state index in [-0.39, 0.29) is 12.7 Å². The van der Waals surface area contributed by atoms with Crippen LogP contribution in [0.15, 0.2) is 18.2 Å². The number of ether oxygens (including phenoxy) is 3. The molecule has 1 aliphatic rings. The lowest BCUT2D eigenvalue weighted by Crippen LogP contribution is -2.47. The van der Waals surface area contributed by atoms with Gasteiger partial charge in [-0.25, -0.2) is 4.79 Å². The molecule has 0 radical (unpaired) electrons. The molecule has 1 aliphatic heterocycles. The smallest absolute Gasteiger partial charge is 0.407 e. The molecule has 7 heteroatoms. The molecule has 0 aliphatic carbocycles. The first kappa shape index (κ1) is 17.7. The zero-order valence-electron chi connectivity index (χ0n) is 13.5. The highest BCUT2D eigenvalue weighted by atomic mass is 35.5. The van der Waals surface area contributed by atoms with Gasteiger partial charge in [-0.05, 0) is 44.9 Å². The molecule has 1 unspecified atom stereocenters. The van der Waals surface area contributed by atoms with Crippen molar-refractivity contribution in [2.75, 3.05) is 12.7 Å². The highest BCUT2D eigenvalue weighted by molar-refractivity contribution is 6.18. The summed E-state index contributed by atoms with van der Waals surface area (Å²) in [6.07, 6.45) is -1.09. The number of alkyl carbamates (subject to hydrolysis) is 1. The number of aliphatic hydroxyl groups is 1. The number of alkyl halides is 1. The molecule has 0 aromatic heterocycles. The summed E-state index contributed by atoms with van der Waals surface area (Å²) < 4.78 is 15.8. The summed E-state index contributed by atoms with van der Waals surface area (Å²) in [5.74, 6) is 1.34. The summed E-state index contributed by atoms with van der Waals surface area (Å²) in [4.78, 5) is 11.9. The van der Waals surface area contributed by atoms with Crippen LogP contribution in [0.3, 0.4) is 0 Å². The van der Waals surface area contributed by atoms with Gasteiger partial charge in [-0.3, -0.25) is 0 Å². The number of aliphatic hydroxyl groups excluding tert-OH is 1. The monoisotopic (exact) mass is 343 g/mol. The van der Waals surface area contributed by atoms with Gasteiger partial charge in [-0.1, -0.05) is 6.07 Å². The van der Waals surface area contributed by atoms with Crippen LogP contribution in [0.25, 0.3) is 0 Å². The lowest BCUT2D eigenvalue weighted by Gasteiger charge is -2.26. The lowest BCUT2D eigenvalue weighted by molar-refractivity contribution is 0.0440. The molecular formula is C16H22ClNO5. The highest BCUT2D eigenvalue weighted by Gasteiger charge is 2.25. The van der Waals surface area contributed by atoms with Crippen LogP contribution in [0.4, 0.5) is 4.79 Å². The van der Waals surface area contributed by atoms with Crippen LogP contribution >= 0.6 is 11.6 Å². The maximum atomic E-state index is 11.9. The van der Waals surface area contributed by atoms with Crippen LogP contribution in [-0.4, -0.2) is 41.6 Å². The van der Waals surface area contributed by atoms with Gasteiger partial charge in [0.2, 0.25) is 6.79 Å². The molecule has 2 rings (SSSR count). The van der Waals surface area contributed by atoms with Crippen LogP contribution in [0.2, 0.25) is 0 Å². The summed E-state index contributed by atoms with van der Waals surface area (Å²) in [6.45, 7) is 5.52. The summed E-state index contributed by atoms with van der Waals surface area (Å²) in [6, 6.07) is 4.92. The van der Waals surface area contributed by atoms with Gasteiger partial charge in [-0.15, -0.1) is 11.6 Å². The first-order valence-corrected chi connectivity index (χ1v) is 7.94. The second-order valence-corrected chi connectivity index (χ2v) is 6.67. The fraction of sp³-hybridized carbons (Fsp3) is 0.562. The van der Waals surface area contributed by atoms with Gasteiger partial charge >= 0.3 is 6.09 Å². The third-order valence-corrected chi connectivity index (χ3v) is 3.53. The first-order chi connectivity index (χ1) is 10.8. The molecule has 1 aromatic carbocycles. The van der Waals surface area contributed by atoms with Crippen molar-refractivity contribution >= 4 is 17.7 Å². The third-order valence-electron chi connectivity index (χ3n) is 3.22. The van der Waals surface area contributed by atoms with Crippen molar-refractivity contribution in [1.82, 2.24) is 5.32 Å². The van der Waals surface area contributed by atoms with Gasteiger partial charge in [-0.2, -0.15) is 0 Å². The summed E-state index contributed by atoms with van der Waals surface area (Å²) >= 11 is 5.74. The predicted octanol–water partition coefficient (Wildman–Crippen LogP) is 2.45. The van der Waals surface area contributed by atoms with Crippen LogP contribution in [-0.2, 0) is 11.2 Å². The Morgan fingerprint density at radius 2 is 2.09 bits per heavy atom. The second-order valence-electron chi connectivity index (χ2n) is 6.37. The fourth-order valence-corrected chi connectivity index (χ4v) is 2.39. The van der Waals surface area contributed by atoms with Gasteiger partial charge in [0.15, 0.2) is 11.5 Å². The predicted molar refractivity (Wildman–Crippen MR) is 86.2 cm³/mol. The van der Waals surface area contributed by atoms with E-state index in [1.165, 1.54) is 0 Å². The van der Waals surface area contributed by atoms with Crippen molar-refractivity contribution in [3.05, 3.63) is 23.8 Å². The standard InChI is InChI=1S/C16H22ClNO5/c1-16(2,3)23-15(20)18-11(12(19)8-17)6-10-4-5-13-14(7-10)22-9-21-13/h4-5,7,11-12,19H,6,8-9H2,1-3H3,(H,18,20)/t11?,12-/m1/s1. The Hall–Kier alpha value is -1.66. The molecule has 0 fully saturated rings. The molecule has 23 heavy (non-hydrogen) atoms. The maximum Gasteiger partial charge on any atom is 0.407 e. The van der Waals surface area contributed by atoms with E-state index < -0.39 is 23.8 Å². The van der Waals surface area contributed by atoms with Gasteiger partial charge in [0.05, 0.1) is 18.0 Å². The summed E-state index contributed by atoms with van der Waals surface area (Å²) in [5, 5.41) is 12.7. The zero-order valence-corrected chi connectivity index (χ0v) is 14.2. The van der Waals surface area contributed by atoms with Crippen LogP contribution in [0.5, 0.6) is 11.5 Å². The van der Waals surface area contributed by atoms with Gasteiger partial charge in [0.1, 0.15) is 5.60 Å². The van der Waals surface area contributed by atoms with Crippen molar-refractivity contribution in [3.63, 3.8) is 0 Å². The van der Waals surface area contributed by atoms with E-state index in [1.54, 1.807) is 26.8 Å². The van der Waals surface area contributed by atoms with E-state index in [1.807, 2.05) is 12.1 Å². The average molecular weight is 344 g/mol. The van der Waals surface area contributed by atoms with E-state index in [9.17, 15) is 9.90 Å². The minimum absolute atomic E-state index is 0.00498. The van der Waals surface area contributed by atoms with E-state index in [4.69, 9.17) is 25.8 Å². The molecule has 2 atom stereocenters. The van der Waals surface area contributed by atoms with Gasteiger partial charge in [0.25, 0.3) is 0 Å². The molecule has 128 valence electrons. The van der Waals surface area contributed by atoms with Crippen LogP contribution in [0.1, 0.15) is 26.3 Å². The topological polar surface area (TPSA) is 77.0 Å². The normalized spacial score (nSPS) is 15.9. The molecule has 0 saturated heterocycles. The molecule has 6 nitrogen and oxygen atoms in total. The minimum Gasteiger partial charge on any atom is -0.454 e. The van der Waals surface area contributed by atoms with Crippen LogP contribution in [0, 0.1) is 0 Å². The molecule has 0 spiro atoms. The quantitative estimate of drug-likeness (QED) is 0.803. The molecule has 1 amide bonds. The van der Waals surface area contributed by atoms with Gasteiger partial charge < -0.3 is 24.6 Å². The second kappa shape index (κ2) is 7.27. The van der Waals surface area contributed by atoms with E-state index in [0.717, 1.165) is 5.56 Å². The number of amides is 1. The Morgan fingerprint density at radius 3 is 2.74 bits per heavy atom. The summed E-state index contributed by atoms with van der Waals surface area (Å²) in [7, 11) is 0. The SMILES string of the molecule is CC(C)(C)OC(=O)NC(Cc1ccc2c(c1)OCO2)[C@H](O)CCl. The van der Waals surface area contributed by atoms with E-state index in [0.29, 0.717) is 17.9 Å².